The summed E-state index contributed by atoms with van der Waals surface area (Å²) in [6.07, 6.45) is 2.77. The second kappa shape index (κ2) is 7.25. The van der Waals surface area contributed by atoms with Gasteiger partial charge < -0.3 is 0 Å². The van der Waals surface area contributed by atoms with Crippen LogP contribution in [0.1, 0.15) is 62.2 Å². The van der Waals surface area contributed by atoms with Gasteiger partial charge in [-0.2, -0.15) is 9.40 Å². The Labute approximate surface area is 149 Å². The van der Waals surface area contributed by atoms with E-state index in [1.54, 1.807) is 16.4 Å². The number of piperidine rings is 1. The number of aromatic nitrogens is 3. The molecule has 1 aromatic carbocycles. The molecule has 6 nitrogen and oxygen atoms in total. The molecule has 0 amide bonds. The summed E-state index contributed by atoms with van der Waals surface area (Å²) in [6, 6.07) is 7.33. The summed E-state index contributed by atoms with van der Waals surface area (Å²) < 4.78 is 27.6. The van der Waals surface area contributed by atoms with Crippen LogP contribution >= 0.6 is 0 Å². The monoisotopic (exact) mass is 362 g/mol. The summed E-state index contributed by atoms with van der Waals surface area (Å²) in [5, 5.41) is 7.06. The fourth-order valence-electron chi connectivity index (χ4n) is 3.27. The molecular formula is C18H26N4O2S. The molecule has 1 aliphatic rings. The van der Waals surface area contributed by atoms with Crippen LogP contribution in [0, 0.1) is 6.92 Å². The summed E-state index contributed by atoms with van der Waals surface area (Å²) >= 11 is 0. The molecule has 1 fully saturated rings. The lowest BCUT2D eigenvalue weighted by Gasteiger charge is -2.30. The van der Waals surface area contributed by atoms with Crippen molar-refractivity contribution in [2.45, 2.75) is 56.8 Å². The molecule has 0 saturated carbocycles. The van der Waals surface area contributed by atoms with Crippen molar-refractivity contribution in [1.82, 2.24) is 19.5 Å². The molecular weight excluding hydrogens is 336 g/mol. The topological polar surface area (TPSA) is 79.0 Å². The lowest BCUT2D eigenvalue weighted by Crippen LogP contribution is -2.39. The van der Waals surface area contributed by atoms with E-state index in [0.717, 1.165) is 25.1 Å². The van der Waals surface area contributed by atoms with E-state index in [0.29, 0.717) is 29.7 Å². The van der Waals surface area contributed by atoms with Crippen LogP contribution in [-0.2, 0) is 10.0 Å². The molecule has 3 rings (SSSR count). The van der Waals surface area contributed by atoms with Crippen LogP contribution in [0.25, 0.3) is 0 Å². The number of aromatic amines is 1. The van der Waals surface area contributed by atoms with Gasteiger partial charge in [0.25, 0.3) is 0 Å². The fourth-order valence-corrected chi connectivity index (χ4v) is 4.79. The highest BCUT2D eigenvalue weighted by atomic mass is 32.2. The van der Waals surface area contributed by atoms with Gasteiger partial charge in [-0.25, -0.2) is 13.4 Å². The highest BCUT2D eigenvalue weighted by Crippen LogP contribution is 2.29. The second-order valence-electron chi connectivity index (χ2n) is 6.86. The van der Waals surface area contributed by atoms with Crippen molar-refractivity contribution in [2.24, 2.45) is 0 Å². The third-order valence-corrected chi connectivity index (χ3v) is 6.94. The van der Waals surface area contributed by atoms with Crippen molar-refractivity contribution < 1.29 is 8.42 Å². The Morgan fingerprint density at radius 3 is 2.64 bits per heavy atom. The average molecular weight is 362 g/mol. The molecule has 1 aromatic heterocycles. The molecule has 25 heavy (non-hydrogen) atoms. The van der Waals surface area contributed by atoms with Gasteiger partial charge in [0, 0.05) is 19.0 Å². The number of H-pyrrole nitrogens is 1. The molecule has 7 heteroatoms. The third kappa shape index (κ3) is 3.77. The second-order valence-corrected chi connectivity index (χ2v) is 8.80. The van der Waals surface area contributed by atoms with Gasteiger partial charge in [0.2, 0.25) is 10.0 Å². The normalized spacial score (nSPS) is 20.5. The lowest BCUT2D eigenvalue weighted by molar-refractivity contribution is 0.309. The molecule has 0 radical (unpaired) electrons. The molecule has 1 aliphatic heterocycles. The van der Waals surface area contributed by atoms with Crippen LogP contribution in [0.3, 0.4) is 0 Å². The summed E-state index contributed by atoms with van der Waals surface area (Å²) in [4.78, 5) is 4.74. The molecule has 2 aromatic rings. The Bertz CT molecular complexity index is 814. The van der Waals surface area contributed by atoms with Gasteiger partial charge in [-0.05, 0) is 49.8 Å². The molecule has 1 saturated heterocycles. The van der Waals surface area contributed by atoms with E-state index in [-0.39, 0.29) is 5.92 Å². The van der Waals surface area contributed by atoms with Gasteiger partial charge >= 0.3 is 0 Å². The first-order valence-corrected chi connectivity index (χ1v) is 10.3. The van der Waals surface area contributed by atoms with E-state index in [4.69, 9.17) is 0 Å². The highest BCUT2D eigenvalue weighted by molar-refractivity contribution is 7.89. The van der Waals surface area contributed by atoms with Gasteiger partial charge in [-0.15, -0.1) is 0 Å². The van der Waals surface area contributed by atoms with Crippen LogP contribution in [0.5, 0.6) is 0 Å². The van der Waals surface area contributed by atoms with Crippen LogP contribution in [0.4, 0.5) is 0 Å². The minimum absolute atomic E-state index is 0.0489. The first-order chi connectivity index (χ1) is 11.9. The number of sulfonamides is 1. The van der Waals surface area contributed by atoms with Crippen molar-refractivity contribution in [3.63, 3.8) is 0 Å². The quantitative estimate of drug-likeness (QED) is 0.886. The molecule has 0 aliphatic carbocycles. The SMILES string of the molecule is CC[C@H](C)c1ccc(S(=O)(=O)N2CCC[C@H](c3n[nH]c(C)n3)C2)cc1. The average Bonchev–Trinajstić information content (AvgIpc) is 3.07. The summed E-state index contributed by atoms with van der Waals surface area (Å²) in [6.45, 7) is 7.13. The Morgan fingerprint density at radius 1 is 1.32 bits per heavy atom. The number of hydrogen-bond donors (Lipinski definition) is 1. The van der Waals surface area contributed by atoms with Gasteiger partial charge in [0.15, 0.2) is 5.82 Å². The molecule has 0 unspecified atom stereocenters. The van der Waals surface area contributed by atoms with Crippen molar-refractivity contribution in [1.29, 1.82) is 0 Å². The Morgan fingerprint density at radius 2 is 2.04 bits per heavy atom. The zero-order valence-corrected chi connectivity index (χ0v) is 15.9. The Hall–Kier alpha value is -1.73. The van der Waals surface area contributed by atoms with Crippen molar-refractivity contribution >= 4 is 10.0 Å². The van der Waals surface area contributed by atoms with Crippen molar-refractivity contribution in [2.75, 3.05) is 13.1 Å². The molecule has 0 bridgehead atoms. The lowest BCUT2D eigenvalue weighted by atomic mass is 9.99. The molecule has 1 N–H and O–H groups in total. The first kappa shape index (κ1) is 18.1. The molecule has 2 heterocycles. The summed E-state index contributed by atoms with van der Waals surface area (Å²) in [7, 11) is -3.48. The number of rotatable bonds is 5. The third-order valence-electron chi connectivity index (χ3n) is 5.06. The predicted molar refractivity (Wildman–Crippen MR) is 97.0 cm³/mol. The predicted octanol–water partition coefficient (Wildman–Crippen LogP) is 3.19. The van der Waals surface area contributed by atoms with Gasteiger partial charge in [0.05, 0.1) is 4.90 Å². The Balaban J connectivity index is 1.79. The number of aryl methyl sites for hydroxylation is 1. The largest absolute Gasteiger partial charge is 0.263 e. The minimum atomic E-state index is -3.48. The van der Waals surface area contributed by atoms with Gasteiger partial charge in [-0.3, -0.25) is 5.10 Å². The number of benzene rings is 1. The minimum Gasteiger partial charge on any atom is -0.263 e. The van der Waals surface area contributed by atoms with E-state index in [2.05, 4.69) is 29.0 Å². The van der Waals surface area contributed by atoms with Crippen LogP contribution < -0.4 is 0 Å². The van der Waals surface area contributed by atoms with Gasteiger partial charge in [0.1, 0.15) is 5.82 Å². The maximum Gasteiger partial charge on any atom is 0.243 e. The van der Waals surface area contributed by atoms with Crippen LogP contribution in [-0.4, -0.2) is 41.0 Å². The highest BCUT2D eigenvalue weighted by Gasteiger charge is 2.32. The van der Waals surface area contributed by atoms with E-state index >= 15 is 0 Å². The number of nitrogens with one attached hydrogen (secondary N) is 1. The van der Waals surface area contributed by atoms with Crippen LogP contribution in [0.2, 0.25) is 0 Å². The molecule has 2 atom stereocenters. The maximum absolute atomic E-state index is 13.0. The van der Waals surface area contributed by atoms with Crippen molar-refractivity contribution in [3.05, 3.63) is 41.5 Å². The van der Waals surface area contributed by atoms with Gasteiger partial charge in [-0.1, -0.05) is 26.0 Å². The van der Waals surface area contributed by atoms with E-state index in [1.807, 2.05) is 19.1 Å². The first-order valence-electron chi connectivity index (χ1n) is 8.90. The summed E-state index contributed by atoms with van der Waals surface area (Å²) in [5.74, 6) is 1.96. The molecule has 0 spiro atoms. The zero-order chi connectivity index (χ0) is 18.0. The van der Waals surface area contributed by atoms with E-state index in [9.17, 15) is 8.42 Å². The number of hydrogen-bond acceptors (Lipinski definition) is 4. The maximum atomic E-state index is 13.0. The van der Waals surface area contributed by atoms with Crippen LogP contribution in [0.15, 0.2) is 29.2 Å². The standard InChI is InChI=1S/C18H26N4O2S/c1-4-13(2)15-7-9-17(10-8-15)25(23,24)22-11-5-6-16(12-22)18-19-14(3)20-21-18/h7-10,13,16H,4-6,11-12H2,1-3H3,(H,19,20,21)/t13-,16-/m0/s1. The number of nitrogens with zero attached hydrogens (tertiary/aromatic N) is 3. The zero-order valence-electron chi connectivity index (χ0n) is 15.1. The van der Waals surface area contributed by atoms with E-state index < -0.39 is 10.0 Å². The van der Waals surface area contributed by atoms with Crippen molar-refractivity contribution in [3.8, 4) is 0 Å². The molecule has 136 valence electrons. The smallest absolute Gasteiger partial charge is 0.243 e. The fraction of sp³-hybridized carbons (Fsp3) is 0.556. The van der Waals surface area contributed by atoms with E-state index in [1.165, 1.54) is 5.56 Å². The Kier molecular flexibility index (Phi) is 5.24. The summed E-state index contributed by atoms with van der Waals surface area (Å²) in [5.41, 5.74) is 1.18.